The van der Waals surface area contributed by atoms with Gasteiger partial charge in [-0.2, -0.15) is 0 Å². The van der Waals surface area contributed by atoms with Gasteiger partial charge in [0.25, 0.3) is 5.91 Å². The highest BCUT2D eigenvalue weighted by atomic mass is 16.5. The van der Waals surface area contributed by atoms with Crippen molar-refractivity contribution in [2.24, 2.45) is 0 Å². The summed E-state index contributed by atoms with van der Waals surface area (Å²) in [5.74, 6) is 0.553. The Morgan fingerprint density at radius 1 is 1.15 bits per heavy atom. The van der Waals surface area contributed by atoms with Crippen LogP contribution in [0.2, 0.25) is 0 Å². The van der Waals surface area contributed by atoms with Crippen molar-refractivity contribution < 1.29 is 14.6 Å². The van der Waals surface area contributed by atoms with Gasteiger partial charge >= 0.3 is 0 Å². The Morgan fingerprint density at radius 3 is 2.85 bits per heavy atom. The summed E-state index contributed by atoms with van der Waals surface area (Å²) in [5, 5.41) is 13.9. The monoisotopic (exact) mass is 449 g/mol. The first-order valence-electron chi connectivity index (χ1n) is 12.0. The molecule has 0 unspecified atom stereocenters. The van der Waals surface area contributed by atoms with Gasteiger partial charge in [0.1, 0.15) is 12.4 Å². The lowest BCUT2D eigenvalue weighted by Gasteiger charge is -2.32. The zero-order valence-electron chi connectivity index (χ0n) is 19.5. The van der Waals surface area contributed by atoms with Crippen molar-refractivity contribution in [1.29, 1.82) is 0 Å². The summed E-state index contributed by atoms with van der Waals surface area (Å²) in [7, 11) is 1.96. The lowest BCUT2D eigenvalue weighted by molar-refractivity contribution is 0.0501. The average molecular weight is 450 g/mol. The fourth-order valence-corrected chi connectivity index (χ4v) is 4.59. The second kappa shape index (κ2) is 11.5. The molecule has 2 aromatic carbocycles. The molecule has 6 nitrogen and oxygen atoms in total. The van der Waals surface area contributed by atoms with Gasteiger partial charge in [0.15, 0.2) is 0 Å². The van der Waals surface area contributed by atoms with E-state index in [1.807, 2.05) is 25.2 Å². The Balaban J connectivity index is 1.34. The van der Waals surface area contributed by atoms with Crippen LogP contribution in [0.25, 0.3) is 6.08 Å². The molecule has 0 aliphatic carbocycles. The third-order valence-electron chi connectivity index (χ3n) is 6.36. The smallest absolute Gasteiger partial charge is 0.257 e. The molecule has 0 fully saturated rings. The van der Waals surface area contributed by atoms with Gasteiger partial charge in [-0.1, -0.05) is 42.5 Å². The quantitative estimate of drug-likeness (QED) is 0.577. The largest absolute Gasteiger partial charge is 0.491 e. The van der Waals surface area contributed by atoms with E-state index in [-0.39, 0.29) is 5.91 Å². The summed E-state index contributed by atoms with van der Waals surface area (Å²) in [6.07, 6.45) is 6.73. The first kappa shape index (κ1) is 23.5. The lowest BCUT2D eigenvalue weighted by atomic mass is 10.00. The minimum atomic E-state index is -0.597. The third kappa shape index (κ3) is 6.22. The molecule has 0 spiro atoms. The first-order valence-corrected chi connectivity index (χ1v) is 12.0. The van der Waals surface area contributed by atoms with Crippen LogP contribution in [0.3, 0.4) is 0 Å². The molecule has 2 aromatic rings. The van der Waals surface area contributed by atoms with Gasteiger partial charge < -0.3 is 20.1 Å². The van der Waals surface area contributed by atoms with Gasteiger partial charge in [0, 0.05) is 26.2 Å². The number of hydrogen-bond acceptors (Lipinski definition) is 5. The van der Waals surface area contributed by atoms with E-state index in [0.717, 1.165) is 44.5 Å². The molecule has 2 heterocycles. The number of aliphatic hydroxyl groups is 1. The Kier molecular flexibility index (Phi) is 8.15. The number of carbonyl (C=O) groups is 1. The number of unbranched alkanes of at least 4 members (excludes halogenated alkanes) is 1. The number of nitrogens with zero attached hydrogens (tertiary/aromatic N) is 2. The molecule has 1 amide bonds. The highest BCUT2D eigenvalue weighted by Gasteiger charge is 2.26. The number of ether oxygens (including phenoxy) is 1. The van der Waals surface area contributed by atoms with Crippen molar-refractivity contribution in [1.82, 2.24) is 15.1 Å². The minimum Gasteiger partial charge on any atom is -0.491 e. The second-order valence-corrected chi connectivity index (χ2v) is 8.91. The summed E-state index contributed by atoms with van der Waals surface area (Å²) in [5.41, 5.74) is 4.33. The van der Waals surface area contributed by atoms with E-state index >= 15 is 0 Å². The van der Waals surface area contributed by atoms with Crippen molar-refractivity contribution in [2.75, 3.05) is 46.4 Å². The number of hydrogen-bond donors (Lipinski definition) is 2. The summed E-state index contributed by atoms with van der Waals surface area (Å²) in [4.78, 5) is 17.2. The molecule has 0 aromatic heterocycles. The molecular formula is C27H35N3O3. The SMILES string of the molecule is CNCCCC=Cc1ccc2c(c1)OCCN(C[C@H](O)CN1CCc3ccccc3C1)C2=O. The molecule has 0 radical (unpaired) electrons. The molecule has 6 heteroatoms. The van der Waals surface area contributed by atoms with E-state index in [1.54, 1.807) is 4.90 Å². The van der Waals surface area contributed by atoms with Crippen LogP contribution in [-0.4, -0.2) is 73.3 Å². The van der Waals surface area contributed by atoms with Crippen LogP contribution in [0.5, 0.6) is 5.75 Å². The zero-order valence-corrected chi connectivity index (χ0v) is 19.5. The average Bonchev–Trinajstić information content (AvgIpc) is 2.97. The standard InChI is InChI=1S/C27H35N3O3/c1-28-13-6-2-3-7-21-10-11-25-26(17-21)33-16-15-30(27(25)32)20-24(31)19-29-14-12-22-8-4-5-9-23(22)18-29/h3-5,7-11,17,24,28,31H,2,6,12-16,18-20H2,1H3/t24-/m1/s1. The van der Waals surface area contributed by atoms with Gasteiger partial charge in [-0.05, 0) is 61.7 Å². The number of nitrogens with one attached hydrogen (secondary N) is 1. The number of β-amino-alcohol motifs (C(OH)–C–C–N with tert-alkyl or cyclic N) is 1. The maximum Gasteiger partial charge on any atom is 0.257 e. The fourth-order valence-electron chi connectivity index (χ4n) is 4.59. The number of aliphatic hydroxyl groups excluding tert-OH is 1. The van der Waals surface area contributed by atoms with E-state index in [9.17, 15) is 9.90 Å². The Labute approximate surface area is 196 Å². The fraction of sp³-hybridized carbons (Fsp3) is 0.444. The van der Waals surface area contributed by atoms with Gasteiger partial charge in [-0.15, -0.1) is 0 Å². The van der Waals surface area contributed by atoms with E-state index in [2.05, 4.69) is 46.6 Å². The van der Waals surface area contributed by atoms with Crippen molar-refractivity contribution in [3.8, 4) is 5.75 Å². The summed E-state index contributed by atoms with van der Waals surface area (Å²) < 4.78 is 5.91. The lowest BCUT2D eigenvalue weighted by Crippen LogP contribution is -2.44. The number of carbonyl (C=O) groups excluding carboxylic acids is 1. The second-order valence-electron chi connectivity index (χ2n) is 8.91. The molecule has 2 aliphatic heterocycles. The highest BCUT2D eigenvalue weighted by Crippen LogP contribution is 2.26. The zero-order chi connectivity index (χ0) is 23.0. The molecule has 1 atom stereocenters. The van der Waals surface area contributed by atoms with Crippen LogP contribution < -0.4 is 10.1 Å². The Morgan fingerprint density at radius 2 is 2.00 bits per heavy atom. The molecule has 176 valence electrons. The topological polar surface area (TPSA) is 65.0 Å². The molecule has 2 aliphatic rings. The highest BCUT2D eigenvalue weighted by molar-refractivity contribution is 5.97. The van der Waals surface area contributed by atoms with Crippen LogP contribution in [0.1, 0.15) is 39.9 Å². The molecule has 4 rings (SSSR count). The molecule has 0 saturated carbocycles. The Bertz CT molecular complexity index is 975. The molecule has 2 N–H and O–H groups in total. The third-order valence-corrected chi connectivity index (χ3v) is 6.36. The van der Waals surface area contributed by atoms with Crippen LogP contribution in [0, 0.1) is 0 Å². The summed E-state index contributed by atoms with van der Waals surface area (Å²) in [6, 6.07) is 14.2. The Hall–Kier alpha value is -2.67. The maximum absolute atomic E-state index is 13.2. The predicted octanol–water partition coefficient (Wildman–Crippen LogP) is 2.95. The summed E-state index contributed by atoms with van der Waals surface area (Å²) in [6.45, 7) is 4.55. The van der Waals surface area contributed by atoms with Crippen LogP contribution in [0.15, 0.2) is 48.5 Å². The van der Waals surface area contributed by atoms with E-state index < -0.39 is 6.10 Å². The van der Waals surface area contributed by atoms with E-state index in [1.165, 1.54) is 11.1 Å². The van der Waals surface area contributed by atoms with Gasteiger partial charge in [0.05, 0.1) is 18.2 Å². The minimum absolute atomic E-state index is 0.0740. The number of amides is 1. The van der Waals surface area contributed by atoms with Crippen LogP contribution >= 0.6 is 0 Å². The summed E-state index contributed by atoms with van der Waals surface area (Å²) >= 11 is 0. The molecule has 0 saturated heterocycles. The van der Waals surface area contributed by atoms with Crippen LogP contribution in [-0.2, 0) is 13.0 Å². The number of rotatable bonds is 9. The maximum atomic E-state index is 13.2. The predicted molar refractivity (Wildman–Crippen MR) is 131 cm³/mol. The number of allylic oxidation sites excluding steroid dienone is 1. The molecule has 0 bridgehead atoms. The van der Waals surface area contributed by atoms with Crippen LogP contribution in [0.4, 0.5) is 0 Å². The van der Waals surface area contributed by atoms with Crippen molar-refractivity contribution >= 4 is 12.0 Å². The van der Waals surface area contributed by atoms with E-state index in [4.69, 9.17) is 4.74 Å². The van der Waals surface area contributed by atoms with Gasteiger partial charge in [-0.25, -0.2) is 0 Å². The van der Waals surface area contributed by atoms with Crippen molar-refractivity contribution in [2.45, 2.75) is 31.9 Å². The van der Waals surface area contributed by atoms with Gasteiger partial charge in [0.2, 0.25) is 0 Å². The van der Waals surface area contributed by atoms with E-state index in [0.29, 0.717) is 37.6 Å². The van der Waals surface area contributed by atoms with Crippen molar-refractivity contribution in [3.63, 3.8) is 0 Å². The van der Waals surface area contributed by atoms with Gasteiger partial charge in [-0.3, -0.25) is 9.69 Å². The number of fused-ring (bicyclic) bond motifs is 2. The van der Waals surface area contributed by atoms with Crippen molar-refractivity contribution in [3.05, 3.63) is 70.8 Å². The molecular weight excluding hydrogens is 414 g/mol. The molecule has 33 heavy (non-hydrogen) atoms. The normalized spacial score (nSPS) is 17.4. The number of benzene rings is 2. The first-order chi connectivity index (χ1) is 16.1.